The number of nitrogens with one attached hydrogen (secondary N) is 1. The molecular formula is C19H20ClNO4. The first-order valence-electron chi connectivity index (χ1n) is 7.89. The fraction of sp³-hybridized carbons (Fsp3) is 0.263. The molecule has 0 aliphatic rings. The maximum atomic E-state index is 12.3. The van der Waals surface area contributed by atoms with Crippen LogP contribution in [0, 0.1) is 6.92 Å². The highest BCUT2D eigenvalue weighted by Gasteiger charge is 2.16. The molecule has 0 fully saturated rings. The van der Waals surface area contributed by atoms with Crippen molar-refractivity contribution in [2.75, 3.05) is 5.32 Å². The summed E-state index contributed by atoms with van der Waals surface area (Å²) in [5.41, 5.74) is 2.42. The molecular weight excluding hydrogens is 342 g/mol. The van der Waals surface area contributed by atoms with Gasteiger partial charge >= 0.3 is 5.97 Å². The van der Waals surface area contributed by atoms with Crippen molar-refractivity contribution in [3.05, 3.63) is 58.6 Å². The van der Waals surface area contributed by atoms with Crippen LogP contribution in [0.3, 0.4) is 0 Å². The molecule has 0 radical (unpaired) electrons. The lowest BCUT2D eigenvalue weighted by molar-refractivity contribution is -0.137. The third kappa shape index (κ3) is 5.80. The minimum atomic E-state index is -0.855. The van der Waals surface area contributed by atoms with E-state index in [9.17, 15) is 9.59 Å². The number of aryl methyl sites for hydroxylation is 2. The van der Waals surface area contributed by atoms with E-state index in [4.69, 9.17) is 21.4 Å². The average molecular weight is 362 g/mol. The van der Waals surface area contributed by atoms with E-state index < -0.39 is 12.1 Å². The van der Waals surface area contributed by atoms with E-state index >= 15 is 0 Å². The van der Waals surface area contributed by atoms with E-state index in [0.29, 0.717) is 22.9 Å². The molecule has 2 aromatic rings. The summed E-state index contributed by atoms with van der Waals surface area (Å²) in [4.78, 5) is 23.0. The maximum absolute atomic E-state index is 12.3. The Hall–Kier alpha value is -2.53. The first-order chi connectivity index (χ1) is 11.8. The maximum Gasteiger partial charge on any atom is 0.303 e. The Balaban J connectivity index is 2.00. The predicted octanol–water partition coefficient (Wildman–Crippen LogP) is 4.07. The van der Waals surface area contributed by atoms with Crippen molar-refractivity contribution >= 4 is 29.2 Å². The van der Waals surface area contributed by atoms with Crippen LogP contribution in [-0.4, -0.2) is 23.1 Å². The molecule has 0 heterocycles. The molecule has 1 amide bonds. The number of anilines is 1. The summed E-state index contributed by atoms with van der Waals surface area (Å²) in [7, 11) is 0. The van der Waals surface area contributed by atoms with Crippen LogP contribution in [0.2, 0.25) is 5.02 Å². The molecule has 6 heteroatoms. The van der Waals surface area contributed by atoms with Gasteiger partial charge in [0.2, 0.25) is 0 Å². The van der Waals surface area contributed by atoms with Crippen molar-refractivity contribution in [3.8, 4) is 5.75 Å². The van der Waals surface area contributed by atoms with Crippen molar-refractivity contribution in [3.63, 3.8) is 0 Å². The molecule has 2 aromatic carbocycles. The smallest absolute Gasteiger partial charge is 0.303 e. The number of ether oxygens (including phenoxy) is 1. The summed E-state index contributed by atoms with van der Waals surface area (Å²) in [5.74, 6) is -0.709. The van der Waals surface area contributed by atoms with Crippen LogP contribution in [0.5, 0.6) is 5.75 Å². The fourth-order valence-electron chi connectivity index (χ4n) is 2.24. The molecule has 0 aromatic heterocycles. The van der Waals surface area contributed by atoms with Crippen LogP contribution in [0.1, 0.15) is 24.5 Å². The number of rotatable bonds is 7. The number of benzene rings is 2. The zero-order valence-corrected chi connectivity index (χ0v) is 14.8. The molecule has 1 unspecified atom stereocenters. The van der Waals surface area contributed by atoms with Gasteiger partial charge in [0.25, 0.3) is 5.91 Å². The van der Waals surface area contributed by atoms with Gasteiger partial charge in [-0.15, -0.1) is 0 Å². The fourth-order valence-corrected chi connectivity index (χ4v) is 2.41. The van der Waals surface area contributed by atoms with Crippen molar-refractivity contribution in [1.29, 1.82) is 0 Å². The molecule has 1 atom stereocenters. The van der Waals surface area contributed by atoms with Crippen LogP contribution in [0.4, 0.5) is 5.69 Å². The third-order valence-electron chi connectivity index (χ3n) is 3.58. The molecule has 0 aliphatic carbocycles. The molecule has 5 nitrogen and oxygen atoms in total. The SMILES string of the molecule is Cc1ccc(Cl)c(OC(C)C(=O)Nc2cccc(CCC(=O)O)c2)c1. The van der Waals surface area contributed by atoms with E-state index in [1.54, 1.807) is 37.3 Å². The van der Waals surface area contributed by atoms with E-state index in [1.165, 1.54) is 0 Å². The number of hydrogen-bond donors (Lipinski definition) is 2. The van der Waals surface area contributed by atoms with E-state index in [0.717, 1.165) is 11.1 Å². The molecule has 0 saturated heterocycles. The van der Waals surface area contributed by atoms with Gasteiger partial charge in [0.15, 0.2) is 6.10 Å². The molecule has 0 spiro atoms. The van der Waals surface area contributed by atoms with Gasteiger partial charge in [-0.2, -0.15) is 0 Å². The van der Waals surface area contributed by atoms with Crippen molar-refractivity contribution < 1.29 is 19.4 Å². The zero-order chi connectivity index (χ0) is 18.4. The van der Waals surface area contributed by atoms with Crippen molar-refractivity contribution in [1.82, 2.24) is 0 Å². The highest BCUT2D eigenvalue weighted by Crippen LogP contribution is 2.26. The average Bonchev–Trinajstić information content (AvgIpc) is 2.56. The van der Waals surface area contributed by atoms with Crippen LogP contribution in [0.15, 0.2) is 42.5 Å². The predicted molar refractivity (Wildman–Crippen MR) is 97.3 cm³/mol. The second kappa shape index (κ2) is 8.53. The van der Waals surface area contributed by atoms with E-state index in [1.807, 2.05) is 19.1 Å². The minimum absolute atomic E-state index is 0.0444. The number of carbonyl (C=O) groups is 2. The lowest BCUT2D eigenvalue weighted by Gasteiger charge is -2.16. The standard InChI is InChI=1S/C19H20ClNO4/c1-12-6-8-16(20)17(10-12)25-13(2)19(24)21-15-5-3-4-14(11-15)7-9-18(22)23/h3-6,8,10-11,13H,7,9H2,1-2H3,(H,21,24)(H,22,23). The van der Waals surface area contributed by atoms with Crippen LogP contribution in [-0.2, 0) is 16.0 Å². The number of amides is 1. The van der Waals surface area contributed by atoms with Gasteiger partial charge < -0.3 is 15.2 Å². The van der Waals surface area contributed by atoms with E-state index in [-0.39, 0.29) is 12.3 Å². The molecule has 2 rings (SSSR count). The topological polar surface area (TPSA) is 75.6 Å². The van der Waals surface area contributed by atoms with Gasteiger partial charge in [-0.1, -0.05) is 29.8 Å². The molecule has 2 N–H and O–H groups in total. The summed E-state index contributed by atoms with van der Waals surface area (Å²) >= 11 is 6.08. The van der Waals surface area contributed by atoms with Gasteiger partial charge in [-0.3, -0.25) is 9.59 Å². The number of carboxylic acid groups (broad SMARTS) is 1. The second-order valence-electron chi connectivity index (χ2n) is 5.78. The quantitative estimate of drug-likeness (QED) is 0.779. The van der Waals surface area contributed by atoms with Crippen LogP contribution in [0.25, 0.3) is 0 Å². The van der Waals surface area contributed by atoms with Gasteiger partial charge in [-0.25, -0.2) is 0 Å². The first kappa shape index (κ1) is 18.8. The Morgan fingerprint density at radius 1 is 1.24 bits per heavy atom. The van der Waals surface area contributed by atoms with Gasteiger partial charge in [0.05, 0.1) is 5.02 Å². The van der Waals surface area contributed by atoms with Crippen LogP contribution < -0.4 is 10.1 Å². The molecule has 25 heavy (non-hydrogen) atoms. The Labute approximate surface area is 151 Å². The summed E-state index contributed by atoms with van der Waals surface area (Å²) < 4.78 is 5.65. The van der Waals surface area contributed by atoms with Crippen LogP contribution >= 0.6 is 11.6 Å². The monoisotopic (exact) mass is 361 g/mol. The molecule has 0 bridgehead atoms. The van der Waals surface area contributed by atoms with Gasteiger partial charge in [-0.05, 0) is 55.7 Å². The third-order valence-corrected chi connectivity index (χ3v) is 3.89. The first-order valence-corrected chi connectivity index (χ1v) is 8.27. The largest absolute Gasteiger partial charge is 0.481 e. The van der Waals surface area contributed by atoms with Gasteiger partial charge in [0, 0.05) is 12.1 Å². The molecule has 132 valence electrons. The lowest BCUT2D eigenvalue weighted by Crippen LogP contribution is -2.30. The number of hydrogen-bond acceptors (Lipinski definition) is 3. The van der Waals surface area contributed by atoms with Crippen molar-refractivity contribution in [2.24, 2.45) is 0 Å². The summed E-state index contributed by atoms with van der Waals surface area (Å²) in [6.07, 6.45) is -0.283. The Bertz CT molecular complexity index is 776. The number of aliphatic carboxylic acids is 1. The Morgan fingerprint density at radius 3 is 2.72 bits per heavy atom. The van der Waals surface area contributed by atoms with Gasteiger partial charge in [0.1, 0.15) is 5.75 Å². The second-order valence-corrected chi connectivity index (χ2v) is 6.18. The molecule has 0 aliphatic heterocycles. The Kier molecular flexibility index (Phi) is 6.42. The minimum Gasteiger partial charge on any atom is -0.481 e. The lowest BCUT2D eigenvalue weighted by atomic mass is 10.1. The zero-order valence-electron chi connectivity index (χ0n) is 14.1. The van der Waals surface area contributed by atoms with E-state index in [2.05, 4.69) is 5.32 Å². The van der Waals surface area contributed by atoms with Crippen molar-refractivity contribution in [2.45, 2.75) is 32.8 Å². The number of carbonyl (C=O) groups excluding carboxylic acids is 1. The molecule has 0 saturated carbocycles. The highest BCUT2D eigenvalue weighted by atomic mass is 35.5. The number of carboxylic acids is 1. The normalized spacial score (nSPS) is 11.6. The summed E-state index contributed by atoms with van der Waals surface area (Å²) in [6.45, 7) is 3.55. The Morgan fingerprint density at radius 2 is 2.00 bits per heavy atom. The highest BCUT2D eigenvalue weighted by molar-refractivity contribution is 6.32. The number of halogens is 1. The summed E-state index contributed by atoms with van der Waals surface area (Å²) in [6, 6.07) is 12.5. The summed E-state index contributed by atoms with van der Waals surface area (Å²) in [5, 5.41) is 12.0.